The lowest BCUT2D eigenvalue weighted by Gasteiger charge is -2.37. The molecule has 3 nitrogen and oxygen atoms in total. The Bertz CT molecular complexity index is 529. The third-order valence-electron chi connectivity index (χ3n) is 4.48. The first kappa shape index (κ1) is 18.7. The number of ether oxygens (including phenoxy) is 1. The molecule has 0 bridgehead atoms. The van der Waals surface area contributed by atoms with Crippen LogP contribution < -0.4 is 5.73 Å². The van der Waals surface area contributed by atoms with E-state index in [9.17, 15) is 0 Å². The Hall–Kier alpha value is -1.68. The maximum Gasteiger partial charge on any atom is 0.0761 e. The average molecular weight is 326 g/mol. The van der Waals surface area contributed by atoms with Crippen molar-refractivity contribution < 1.29 is 4.74 Å². The van der Waals surface area contributed by atoms with E-state index in [1.807, 2.05) is 0 Å². The van der Waals surface area contributed by atoms with Crippen molar-refractivity contribution in [3.05, 3.63) is 71.8 Å². The number of hydrogen-bond acceptors (Lipinski definition) is 3. The molecular weight excluding hydrogens is 296 g/mol. The molecule has 0 heterocycles. The van der Waals surface area contributed by atoms with Gasteiger partial charge in [0.15, 0.2) is 0 Å². The smallest absolute Gasteiger partial charge is 0.0761 e. The summed E-state index contributed by atoms with van der Waals surface area (Å²) >= 11 is 0. The van der Waals surface area contributed by atoms with Crippen molar-refractivity contribution in [1.29, 1.82) is 0 Å². The van der Waals surface area contributed by atoms with Gasteiger partial charge in [0.1, 0.15) is 0 Å². The van der Waals surface area contributed by atoms with Crippen molar-refractivity contribution in [2.45, 2.75) is 39.1 Å². The fourth-order valence-electron chi connectivity index (χ4n) is 3.29. The van der Waals surface area contributed by atoms with Crippen LogP contribution in [0.2, 0.25) is 0 Å². The predicted octanol–water partition coefficient (Wildman–Crippen LogP) is 3.69. The molecule has 2 atom stereocenters. The van der Waals surface area contributed by atoms with E-state index < -0.39 is 0 Å². The number of methoxy groups -OCH3 is 1. The molecule has 0 radical (unpaired) electrons. The molecule has 0 saturated heterocycles. The standard InChI is InChI=1S/C21H30N2O/c1-17(2)21(24-3)20(14-22)23(15-18-10-6-4-7-11-18)16-19-12-8-5-9-13-19/h4-13,17,20-21H,14-16,22H2,1-3H3. The van der Waals surface area contributed by atoms with E-state index >= 15 is 0 Å². The topological polar surface area (TPSA) is 38.5 Å². The van der Waals surface area contributed by atoms with Gasteiger partial charge in [-0.2, -0.15) is 0 Å². The monoisotopic (exact) mass is 326 g/mol. The van der Waals surface area contributed by atoms with Crippen LogP contribution in [0.25, 0.3) is 0 Å². The maximum absolute atomic E-state index is 6.17. The van der Waals surface area contributed by atoms with E-state index in [1.54, 1.807) is 7.11 Å². The van der Waals surface area contributed by atoms with E-state index in [0.29, 0.717) is 12.5 Å². The molecule has 0 amide bonds. The Balaban J connectivity index is 2.25. The Morgan fingerprint density at radius 3 is 1.67 bits per heavy atom. The second kappa shape index (κ2) is 9.58. The summed E-state index contributed by atoms with van der Waals surface area (Å²) in [4.78, 5) is 2.44. The van der Waals surface area contributed by atoms with Crippen LogP contribution in [0.4, 0.5) is 0 Å². The zero-order valence-corrected chi connectivity index (χ0v) is 15.1. The molecule has 0 aromatic heterocycles. The van der Waals surface area contributed by atoms with Gasteiger partial charge in [0, 0.05) is 32.8 Å². The van der Waals surface area contributed by atoms with Gasteiger partial charge in [-0.25, -0.2) is 0 Å². The quantitative estimate of drug-likeness (QED) is 0.764. The number of hydrogen-bond donors (Lipinski definition) is 1. The van der Waals surface area contributed by atoms with Gasteiger partial charge in [-0.15, -0.1) is 0 Å². The molecule has 0 aliphatic rings. The lowest BCUT2D eigenvalue weighted by Crippen LogP contribution is -2.50. The second-order valence-electron chi connectivity index (χ2n) is 6.62. The van der Waals surface area contributed by atoms with Crippen LogP contribution in [-0.4, -0.2) is 30.7 Å². The molecule has 2 aromatic rings. The van der Waals surface area contributed by atoms with Gasteiger partial charge in [-0.05, 0) is 17.0 Å². The van der Waals surface area contributed by atoms with Gasteiger partial charge in [-0.3, -0.25) is 4.90 Å². The summed E-state index contributed by atoms with van der Waals surface area (Å²) < 4.78 is 5.80. The van der Waals surface area contributed by atoms with Crippen molar-refractivity contribution in [2.75, 3.05) is 13.7 Å². The number of benzene rings is 2. The molecule has 2 N–H and O–H groups in total. The zero-order valence-electron chi connectivity index (χ0n) is 15.1. The minimum atomic E-state index is 0.113. The average Bonchev–Trinajstić information content (AvgIpc) is 2.60. The summed E-state index contributed by atoms with van der Waals surface area (Å²) in [6.45, 7) is 6.70. The summed E-state index contributed by atoms with van der Waals surface area (Å²) in [5.41, 5.74) is 8.77. The highest BCUT2D eigenvalue weighted by molar-refractivity contribution is 5.17. The minimum Gasteiger partial charge on any atom is -0.380 e. The minimum absolute atomic E-state index is 0.113. The molecule has 2 rings (SSSR count). The molecule has 130 valence electrons. The lowest BCUT2D eigenvalue weighted by atomic mass is 9.97. The molecule has 0 spiro atoms. The number of nitrogens with zero attached hydrogens (tertiary/aromatic N) is 1. The normalized spacial score (nSPS) is 14.1. The predicted molar refractivity (Wildman–Crippen MR) is 101 cm³/mol. The summed E-state index contributed by atoms with van der Waals surface area (Å²) in [6, 6.07) is 21.3. The van der Waals surface area contributed by atoms with Crippen LogP contribution in [0.15, 0.2) is 60.7 Å². The van der Waals surface area contributed by atoms with Gasteiger partial charge in [0.05, 0.1) is 6.10 Å². The maximum atomic E-state index is 6.17. The highest BCUT2D eigenvalue weighted by atomic mass is 16.5. The van der Waals surface area contributed by atoms with E-state index in [0.717, 1.165) is 13.1 Å². The van der Waals surface area contributed by atoms with Gasteiger partial charge in [0.25, 0.3) is 0 Å². The molecule has 0 aliphatic carbocycles. The van der Waals surface area contributed by atoms with Gasteiger partial charge in [-0.1, -0.05) is 74.5 Å². The first-order valence-electron chi connectivity index (χ1n) is 8.70. The van der Waals surface area contributed by atoms with Crippen molar-refractivity contribution in [2.24, 2.45) is 11.7 Å². The molecular formula is C21H30N2O. The summed E-state index contributed by atoms with van der Waals surface area (Å²) in [5, 5.41) is 0. The Kier molecular flexibility index (Phi) is 7.44. The molecule has 3 heteroatoms. The van der Waals surface area contributed by atoms with E-state index in [4.69, 9.17) is 10.5 Å². The highest BCUT2D eigenvalue weighted by Gasteiger charge is 2.29. The third kappa shape index (κ3) is 5.17. The molecule has 2 aromatic carbocycles. The van der Waals surface area contributed by atoms with Gasteiger partial charge >= 0.3 is 0 Å². The first-order valence-corrected chi connectivity index (χ1v) is 8.70. The number of rotatable bonds is 9. The van der Waals surface area contributed by atoms with Crippen LogP contribution in [0.3, 0.4) is 0 Å². The van der Waals surface area contributed by atoms with E-state index in [2.05, 4.69) is 79.4 Å². The molecule has 2 unspecified atom stereocenters. The highest BCUT2D eigenvalue weighted by Crippen LogP contribution is 2.20. The molecule has 24 heavy (non-hydrogen) atoms. The van der Waals surface area contributed by atoms with E-state index in [-0.39, 0.29) is 12.1 Å². The Labute approximate surface area is 146 Å². The molecule has 0 saturated carbocycles. The summed E-state index contributed by atoms with van der Waals surface area (Å²) in [7, 11) is 1.79. The summed E-state index contributed by atoms with van der Waals surface area (Å²) in [5.74, 6) is 0.414. The SMILES string of the molecule is COC(C(C)C)C(CN)N(Cc1ccccc1)Cc1ccccc1. The van der Waals surface area contributed by atoms with Crippen molar-refractivity contribution in [3.8, 4) is 0 Å². The summed E-state index contributed by atoms with van der Waals surface area (Å²) in [6.07, 6.45) is 0.113. The Morgan fingerprint density at radius 2 is 1.33 bits per heavy atom. The van der Waals surface area contributed by atoms with Crippen molar-refractivity contribution in [3.63, 3.8) is 0 Å². The van der Waals surface area contributed by atoms with Crippen LogP contribution in [0.1, 0.15) is 25.0 Å². The largest absolute Gasteiger partial charge is 0.380 e. The van der Waals surface area contributed by atoms with Gasteiger partial charge < -0.3 is 10.5 Å². The van der Waals surface area contributed by atoms with Crippen molar-refractivity contribution >= 4 is 0 Å². The molecule has 0 aliphatic heterocycles. The first-order chi connectivity index (χ1) is 11.7. The van der Waals surface area contributed by atoms with Crippen molar-refractivity contribution in [1.82, 2.24) is 4.90 Å². The van der Waals surface area contributed by atoms with E-state index in [1.165, 1.54) is 11.1 Å². The zero-order chi connectivity index (χ0) is 17.4. The second-order valence-corrected chi connectivity index (χ2v) is 6.62. The fraction of sp³-hybridized carbons (Fsp3) is 0.429. The number of nitrogens with two attached hydrogens (primary N) is 1. The van der Waals surface area contributed by atoms with Crippen LogP contribution >= 0.6 is 0 Å². The van der Waals surface area contributed by atoms with Gasteiger partial charge in [0.2, 0.25) is 0 Å². The van der Waals surface area contributed by atoms with Crippen LogP contribution in [0.5, 0.6) is 0 Å². The third-order valence-corrected chi connectivity index (χ3v) is 4.48. The lowest BCUT2D eigenvalue weighted by molar-refractivity contribution is -0.0163. The fourth-order valence-corrected chi connectivity index (χ4v) is 3.29. The van der Waals surface area contributed by atoms with Crippen LogP contribution in [-0.2, 0) is 17.8 Å². The Morgan fingerprint density at radius 1 is 0.875 bits per heavy atom. The van der Waals surface area contributed by atoms with Crippen LogP contribution in [0, 0.1) is 5.92 Å². The molecule has 0 fully saturated rings.